The lowest BCUT2D eigenvalue weighted by Crippen LogP contribution is -2.13. The third-order valence-corrected chi connectivity index (χ3v) is 1.85. The van der Waals surface area contributed by atoms with Crippen LogP contribution >= 0.6 is 0 Å². The fourth-order valence-corrected chi connectivity index (χ4v) is 1.01. The van der Waals surface area contributed by atoms with Crippen LogP contribution < -0.4 is 0 Å². The lowest BCUT2D eigenvalue weighted by molar-refractivity contribution is 0.276. The molecule has 1 rings (SSSR count). The number of hydrogen-bond donors (Lipinski definition) is 2. The number of hydrogen-bond acceptors (Lipinski definition) is 2. The highest BCUT2D eigenvalue weighted by Crippen LogP contribution is 2.20. The molecule has 3 heteroatoms. The average molecular weight is 168 g/mol. The molecule has 0 spiro atoms. The normalized spacial score (nSPS) is 12.1. The Morgan fingerprint density at radius 3 is 2.25 bits per heavy atom. The van der Waals surface area contributed by atoms with Gasteiger partial charge in [-0.1, -0.05) is 20.8 Å². The van der Waals surface area contributed by atoms with Gasteiger partial charge in [0.2, 0.25) is 0 Å². The number of aliphatic hydroxyl groups is 1. The van der Waals surface area contributed by atoms with Crippen LogP contribution in [0.2, 0.25) is 0 Å². The zero-order valence-corrected chi connectivity index (χ0v) is 8.10. The van der Waals surface area contributed by atoms with Crippen LogP contribution in [0, 0.1) is 6.92 Å². The molecule has 0 aliphatic carbocycles. The Morgan fingerprint density at radius 2 is 2.00 bits per heavy atom. The van der Waals surface area contributed by atoms with Crippen molar-refractivity contribution in [1.82, 2.24) is 9.97 Å². The minimum Gasteiger partial charge on any atom is -0.390 e. The zero-order chi connectivity index (χ0) is 9.35. The summed E-state index contributed by atoms with van der Waals surface area (Å²) in [6, 6.07) is 0. The molecule has 0 aliphatic rings. The van der Waals surface area contributed by atoms with Crippen LogP contribution in [0.5, 0.6) is 0 Å². The van der Waals surface area contributed by atoms with Crippen molar-refractivity contribution in [2.45, 2.75) is 39.7 Å². The Kier molecular flexibility index (Phi) is 2.24. The van der Waals surface area contributed by atoms with E-state index in [0.717, 1.165) is 17.2 Å². The highest BCUT2D eigenvalue weighted by Gasteiger charge is 2.18. The predicted molar refractivity (Wildman–Crippen MR) is 47.9 cm³/mol. The van der Waals surface area contributed by atoms with E-state index in [4.69, 9.17) is 5.11 Å². The van der Waals surface area contributed by atoms with E-state index < -0.39 is 0 Å². The molecule has 0 unspecified atom stereocenters. The highest BCUT2D eigenvalue weighted by molar-refractivity contribution is 5.16. The predicted octanol–water partition coefficient (Wildman–Crippen LogP) is 1.51. The molecule has 0 bridgehead atoms. The summed E-state index contributed by atoms with van der Waals surface area (Å²) in [5.74, 6) is 0.934. The molecular formula is C9H16N2O. The molecule has 0 atom stereocenters. The second kappa shape index (κ2) is 2.90. The fraction of sp³-hybridized carbons (Fsp3) is 0.667. The first kappa shape index (κ1) is 9.26. The van der Waals surface area contributed by atoms with E-state index in [0.29, 0.717) is 0 Å². The van der Waals surface area contributed by atoms with Crippen LogP contribution in [0.4, 0.5) is 0 Å². The Balaban J connectivity index is 3.05. The van der Waals surface area contributed by atoms with Gasteiger partial charge < -0.3 is 10.1 Å². The van der Waals surface area contributed by atoms with E-state index in [1.807, 2.05) is 6.92 Å². The number of aromatic nitrogens is 2. The number of aromatic amines is 1. The topological polar surface area (TPSA) is 48.9 Å². The van der Waals surface area contributed by atoms with Gasteiger partial charge in [-0.25, -0.2) is 4.98 Å². The van der Waals surface area contributed by atoms with Gasteiger partial charge in [0.15, 0.2) is 0 Å². The maximum atomic E-state index is 8.91. The van der Waals surface area contributed by atoms with Crippen LogP contribution in [-0.4, -0.2) is 15.1 Å². The van der Waals surface area contributed by atoms with Crippen molar-refractivity contribution in [3.05, 3.63) is 17.2 Å². The number of H-pyrrole nitrogens is 1. The molecule has 0 aromatic carbocycles. The van der Waals surface area contributed by atoms with Crippen molar-refractivity contribution in [2.75, 3.05) is 0 Å². The number of rotatable bonds is 1. The molecule has 68 valence electrons. The molecule has 0 amide bonds. The molecule has 2 N–H and O–H groups in total. The SMILES string of the molecule is Cc1[nH]c(C(C)(C)C)nc1CO. The van der Waals surface area contributed by atoms with Gasteiger partial charge in [-0.05, 0) is 6.92 Å². The van der Waals surface area contributed by atoms with Crippen LogP contribution in [0.3, 0.4) is 0 Å². The quantitative estimate of drug-likeness (QED) is 0.667. The third kappa shape index (κ3) is 1.67. The van der Waals surface area contributed by atoms with Crippen molar-refractivity contribution in [3.63, 3.8) is 0 Å². The molecule has 0 saturated heterocycles. The van der Waals surface area contributed by atoms with Gasteiger partial charge in [-0.15, -0.1) is 0 Å². The van der Waals surface area contributed by atoms with Crippen LogP contribution in [0.1, 0.15) is 38.0 Å². The first-order valence-electron chi connectivity index (χ1n) is 4.12. The van der Waals surface area contributed by atoms with Crippen molar-refractivity contribution in [1.29, 1.82) is 0 Å². The molecule has 1 aromatic heterocycles. The molecule has 3 nitrogen and oxygen atoms in total. The van der Waals surface area contributed by atoms with Crippen molar-refractivity contribution in [2.24, 2.45) is 0 Å². The number of nitrogens with one attached hydrogen (secondary N) is 1. The number of aliphatic hydroxyl groups excluding tert-OH is 1. The highest BCUT2D eigenvalue weighted by atomic mass is 16.3. The molecule has 0 fully saturated rings. The Morgan fingerprint density at radius 1 is 1.42 bits per heavy atom. The maximum absolute atomic E-state index is 8.91. The average Bonchev–Trinajstić information content (AvgIpc) is 2.29. The van der Waals surface area contributed by atoms with Crippen LogP contribution in [0.25, 0.3) is 0 Å². The lowest BCUT2D eigenvalue weighted by Gasteiger charge is -2.13. The molecule has 12 heavy (non-hydrogen) atoms. The lowest BCUT2D eigenvalue weighted by atomic mass is 9.96. The third-order valence-electron chi connectivity index (χ3n) is 1.85. The summed E-state index contributed by atoms with van der Waals surface area (Å²) < 4.78 is 0. The Bertz CT molecular complexity index is 271. The summed E-state index contributed by atoms with van der Waals surface area (Å²) in [6.07, 6.45) is 0. The Hall–Kier alpha value is -0.830. The summed E-state index contributed by atoms with van der Waals surface area (Å²) in [5, 5.41) is 8.91. The molecule has 1 heterocycles. The molecule has 1 aromatic rings. The fourth-order valence-electron chi connectivity index (χ4n) is 1.01. The van der Waals surface area contributed by atoms with E-state index in [-0.39, 0.29) is 12.0 Å². The monoisotopic (exact) mass is 168 g/mol. The largest absolute Gasteiger partial charge is 0.390 e. The van der Waals surface area contributed by atoms with Gasteiger partial charge in [0.05, 0.1) is 12.3 Å². The van der Waals surface area contributed by atoms with Gasteiger partial charge in [-0.2, -0.15) is 0 Å². The summed E-state index contributed by atoms with van der Waals surface area (Å²) in [4.78, 5) is 7.46. The van der Waals surface area contributed by atoms with Gasteiger partial charge in [0.25, 0.3) is 0 Å². The van der Waals surface area contributed by atoms with Crippen LogP contribution in [-0.2, 0) is 12.0 Å². The summed E-state index contributed by atoms with van der Waals surface area (Å²) in [5.41, 5.74) is 1.74. The molecule has 0 aliphatic heterocycles. The van der Waals surface area contributed by atoms with E-state index in [1.54, 1.807) is 0 Å². The number of imidazole rings is 1. The van der Waals surface area contributed by atoms with Crippen molar-refractivity contribution in [3.8, 4) is 0 Å². The second-order valence-corrected chi connectivity index (χ2v) is 4.07. The number of aryl methyl sites for hydroxylation is 1. The first-order chi connectivity index (χ1) is 5.45. The van der Waals surface area contributed by atoms with E-state index in [1.165, 1.54) is 0 Å². The van der Waals surface area contributed by atoms with E-state index in [2.05, 4.69) is 30.7 Å². The van der Waals surface area contributed by atoms with Gasteiger partial charge in [0, 0.05) is 11.1 Å². The molecule has 0 radical (unpaired) electrons. The van der Waals surface area contributed by atoms with Gasteiger partial charge in [0.1, 0.15) is 5.82 Å². The summed E-state index contributed by atoms with van der Waals surface area (Å²) >= 11 is 0. The molecule has 0 saturated carbocycles. The van der Waals surface area contributed by atoms with E-state index >= 15 is 0 Å². The van der Waals surface area contributed by atoms with Crippen LogP contribution in [0.15, 0.2) is 0 Å². The minimum atomic E-state index is 0.0123. The minimum absolute atomic E-state index is 0.0123. The standard InChI is InChI=1S/C9H16N2O/c1-6-7(5-12)11-8(10-6)9(2,3)4/h12H,5H2,1-4H3,(H,10,11). The van der Waals surface area contributed by atoms with Gasteiger partial charge in [-0.3, -0.25) is 0 Å². The van der Waals surface area contributed by atoms with E-state index in [9.17, 15) is 0 Å². The number of nitrogens with zero attached hydrogens (tertiary/aromatic N) is 1. The summed E-state index contributed by atoms with van der Waals surface area (Å²) in [6.45, 7) is 8.21. The maximum Gasteiger partial charge on any atom is 0.112 e. The first-order valence-corrected chi connectivity index (χ1v) is 4.12. The Labute approximate surface area is 72.8 Å². The van der Waals surface area contributed by atoms with Crippen molar-refractivity contribution < 1.29 is 5.11 Å². The van der Waals surface area contributed by atoms with Gasteiger partial charge >= 0.3 is 0 Å². The summed E-state index contributed by atoms with van der Waals surface area (Å²) in [7, 11) is 0. The smallest absolute Gasteiger partial charge is 0.112 e. The zero-order valence-electron chi connectivity index (χ0n) is 8.10. The van der Waals surface area contributed by atoms with Crippen molar-refractivity contribution >= 4 is 0 Å². The second-order valence-electron chi connectivity index (χ2n) is 4.07. The molecular weight excluding hydrogens is 152 g/mol.